The first-order valence-electron chi connectivity index (χ1n) is 10.6. The van der Waals surface area contributed by atoms with E-state index in [1.165, 1.54) is 0 Å². The zero-order valence-corrected chi connectivity index (χ0v) is 18.9. The highest BCUT2D eigenvalue weighted by Crippen LogP contribution is 2.37. The van der Waals surface area contributed by atoms with Gasteiger partial charge in [0.15, 0.2) is 11.5 Å². The molecule has 166 valence electrons. The van der Waals surface area contributed by atoms with Gasteiger partial charge >= 0.3 is 0 Å². The van der Waals surface area contributed by atoms with Crippen LogP contribution in [0.3, 0.4) is 0 Å². The van der Waals surface area contributed by atoms with Crippen LogP contribution in [0, 0.1) is 5.92 Å². The molecule has 2 aromatic carbocycles. The quantitative estimate of drug-likeness (QED) is 0.676. The maximum Gasteiger partial charge on any atom is 0.240 e. The van der Waals surface area contributed by atoms with Gasteiger partial charge in [0.05, 0.1) is 18.1 Å². The number of carbonyl (C=O) groups excluding carboxylic acids is 1. The Morgan fingerprint density at radius 1 is 1.16 bits per heavy atom. The van der Waals surface area contributed by atoms with E-state index in [1.807, 2.05) is 19.9 Å². The van der Waals surface area contributed by atoms with Crippen molar-refractivity contribution in [2.24, 2.45) is 5.92 Å². The summed E-state index contributed by atoms with van der Waals surface area (Å²) in [4.78, 5) is 14.4. The molecule has 31 heavy (non-hydrogen) atoms. The Morgan fingerprint density at radius 2 is 1.94 bits per heavy atom. The molecule has 0 bridgehead atoms. The van der Waals surface area contributed by atoms with Crippen molar-refractivity contribution >= 4 is 21.6 Å². The van der Waals surface area contributed by atoms with E-state index < -0.39 is 10.0 Å². The van der Waals surface area contributed by atoms with Gasteiger partial charge in [-0.05, 0) is 74.6 Å². The fraction of sp³-hybridized carbons (Fsp3) is 0.435. The predicted octanol–water partition coefficient (Wildman–Crippen LogP) is 3.26. The summed E-state index contributed by atoms with van der Waals surface area (Å²) in [5.41, 5.74) is 2.49. The fourth-order valence-electron chi connectivity index (χ4n) is 3.76. The third-order valence-corrected chi connectivity index (χ3v) is 6.91. The summed E-state index contributed by atoms with van der Waals surface area (Å²) >= 11 is 0. The normalized spacial score (nSPS) is 15.8. The van der Waals surface area contributed by atoms with Crippen LogP contribution in [-0.2, 0) is 27.8 Å². The molecular weight excluding hydrogens is 416 g/mol. The van der Waals surface area contributed by atoms with E-state index in [9.17, 15) is 13.2 Å². The molecule has 0 spiro atoms. The molecule has 1 aliphatic carbocycles. The van der Waals surface area contributed by atoms with Gasteiger partial charge in [0.25, 0.3) is 0 Å². The Labute approximate surface area is 183 Å². The second-order valence-corrected chi connectivity index (χ2v) is 10.0. The van der Waals surface area contributed by atoms with Gasteiger partial charge in [-0.25, -0.2) is 13.1 Å². The minimum absolute atomic E-state index is 0.00792. The molecule has 1 fully saturated rings. The van der Waals surface area contributed by atoms with E-state index in [1.54, 1.807) is 42.3 Å². The van der Waals surface area contributed by atoms with Crippen molar-refractivity contribution in [3.05, 3.63) is 47.5 Å². The van der Waals surface area contributed by atoms with Crippen LogP contribution in [0.5, 0.6) is 11.5 Å². The average molecular weight is 445 g/mol. The molecule has 0 aromatic heterocycles. The molecule has 1 heterocycles. The zero-order chi connectivity index (χ0) is 22.2. The van der Waals surface area contributed by atoms with Gasteiger partial charge in [-0.15, -0.1) is 0 Å². The van der Waals surface area contributed by atoms with Crippen molar-refractivity contribution in [3.8, 4) is 11.5 Å². The van der Waals surface area contributed by atoms with Crippen molar-refractivity contribution < 1.29 is 22.7 Å². The number of amides is 1. The van der Waals surface area contributed by atoms with Gasteiger partial charge in [-0.2, -0.15) is 0 Å². The lowest BCUT2D eigenvalue weighted by Crippen LogP contribution is -2.30. The first-order valence-corrected chi connectivity index (χ1v) is 12.0. The fourth-order valence-corrected chi connectivity index (χ4v) is 4.83. The number of nitrogens with one attached hydrogen (secondary N) is 1. The maximum absolute atomic E-state index is 12.9. The lowest BCUT2D eigenvalue weighted by atomic mass is 10.2. The van der Waals surface area contributed by atoms with Crippen molar-refractivity contribution in [1.82, 2.24) is 4.72 Å². The standard InChI is InChI=1S/C23H28N2O5S/c1-15(2)30-21-9-4-16(12-22(21)29-3)14-24-31(27,28)19-7-8-20-18(13-19)10-11-25(20)23(26)17-5-6-17/h4,7-9,12-13,15,17,24H,5-6,10-11,14H2,1-3H3. The Balaban J connectivity index is 1.46. The molecule has 1 saturated carbocycles. The third kappa shape index (κ3) is 4.70. The van der Waals surface area contributed by atoms with E-state index in [-0.39, 0.29) is 29.4 Å². The smallest absolute Gasteiger partial charge is 0.240 e. The van der Waals surface area contributed by atoms with Crippen LogP contribution >= 0.6 is 0 Å². The van der Waals surface area contributed by atoms with Crippen molar-refractivity contribution in [1.29, 1.82) is 0 Å². The lowest BCUT2D eigenvalue weighted by molar-refractivity contribution is -0.119. The number of fused-ring (bicyclic) bond motifs is 1. The molecule has 1 N–H and O–H groups in total. The molecule has 0 radical (unpaired) electrons. The van der Waals surface area contributed by atoms with E-state index in [4.69, 9.17) is 9.47 Å². The van der Waals surface area contributed by atoms with Gasteiger partial charge in [-0.3, -0.25) is 4.79 Å². The molecule has 0 atom stereocenters. The first-order chi connectivity index (χ1) is 14.8. The van der Waals surface area contributed by atoms with Crippen LogP contribution in [0.1, 0.15) is 37.8 Å². The summed E-state index contributed by atoms with van der Waals surface area (Å²) in [6.45, 7) is 4.61. The number of ether oxygens (including phenoxy) is 2. The van der Waals surface area contributed by atoms with Gasteiger partial charge in [0.2, 0.25) is 15.9 Å². The molecule has 1 aliphatic heterocycles. The topological polar surface area (TPSA) is 84.9 Å². The number of sulfonamides is 1. The lowest BCUT2D eigenvalue weighted by Gasteiger charge is -2.17. The molecular formula is C23H28N2O5S. The Kier molecular flexibility index (Phi) is 5.94. The number of benzene rings is 2. The highest BCUT2D eigenvalue weighted by molar-refractivity contribution is 7.89. The number of hydrogen-bond donors (Lipinski definition) is 1. The summed E-state index contributed by atoms with van der Waals surface area (Å²) in [5, 5.41) is 0. The van der Waals surface area contributed by atoms with Gasteiger partial charge < -0.3 is 14.4 Å². The molecule has 8 heteroatoms. The number of nitrogens with zero attached hydrogens (tertiary/aromatic N) is 1. The van der Waals surface area contributed by atoms with Crippen LogP contribution < -0.4 is 19.1 Å². The van der Waals surface area contributed by atoms with Crippen LogP contribution in [-0.4, -0.2) is 34.1 Å². The monoisotopic (exact) mass is 444 g/mol. The van der Waals surface area contributed by atoms with Crippen molar-refractivity contribution in [3.63, 3.8) is 0 Å². The molecule has 2 aromatic rings. The van der Waals surface area contributed by atoms with Crippen molar-refractivity contribution in [2.75, 3.05) is 18.6 Å². The van der Waals surface area contributed by atoms with E-state index in [2.05, 4.69) is 4.72 Å². The Hall–Kier alpha value is -2.58. The average Bonchev–Trinajstić information content (AvgIpc) is 3.51. The summed E-state index contributed by atoms with van der Waals surface area (Å²) in [6.07, 6.45) is 2.59. The molecule has 1 amide bonds. The maximum atomic E-state index is 12.9. The highest BCUT2D eigenvalue weighted by atomic mass is 32.2. The first kappa shape index (κ1) is 21.6. The number of methoxy groups -OCH3 is 1. The Bertz CT molecular complexity index is 1090. The summed E-state index contributed by atoms with van der Waals surface area (Å²) in [7, 11) is -2.14. The largest absolute Gasteiger partial charge is 0.493 e. The molecule has 0 unspecified atom stereocenters. The molecule has 2 aliphatic rings. The van der Waals surface area contributed by atoms with Crippen LogP contribution in [0.2, 0.25) is 0 Å². The van der Waals surface area contributed by atoms with E-state index in [0.29, 0.717) is 24.5 Å². The van der Waals surface area contributed by atoms with Gasteiger partial charge in [-0.1, -0.05) is 6.07 Å². The van der Waals surface area contributed by atoms with E-state index >= 15 is 0 Å². The second kappa shape index (κ2) is 8.51. The molecule has 4 rings (SSSR count). The second-order valence-electron chi connectivity index (χ2n) is 8.28. The number of rotatable bonds is 8. The molecule has 7 nitrogen and oxygen atoms in total. The third-order valence-electron chi connectivity index (χ3n) is 5.51. The summed E-state index contributed by atoms with van der Waals surface area (Å²) in [5.74, 6) is 1.48. The molecule has 0 saturated heterocycles. The van der Waals surface area contributed by atoms with Gasteiger partial charge in [0.1, 0.15) is 0 Å². The number of anilines is 1. The zero-order valence-electron chi connectivity index (χ0n) is 18.1. The van der Waals surface area contributed by atoms with Crippen LogP contribution in [0.15, 0.2) is 41.3 Å². The van der Waals surface area contributed by atoms with E-state index in [0.717, 1.165) is 29.7 Å². The highest BCUT2D eigenvalue weighted by Gasteiger charge is 2.36. The minimum Gasteiger partial charge on any atom is -0.493 e. The number of carbonyl (C=O) groups is 1. The van der Waals surface area contributed by atoms with Crippen molar-refractivity contribution in [2.45, 2.75) is 50.7 Å². The van der Waals surface area contributed by atoms with Crippen LogP contribution in [0.4, 0.5) is 5.69 Å². The summed E-state index contributed by atoms with van der Waals surface area (Å²) in [6, 6.07) is 10.4. The predicted molar refractivity (Wildman–Crippen MR) is 118 cm³/mol. The van der Waals surface area contributed by atoms with Gasteiger partial charge in [0, 0.05) is 24.7 Å². The number of hydrogen-bond acceptors (Lipinski definition) is 5. The Morgan fingerprint density at radius 3 is 2.61 bits per heavy atom. The summed E-state index contributed by atoms with van der Waals surface area (Å²) < 4.78 is 39.4. The van der Waals surface area contributed by atoms with Crippen LogP contribution in [0.25, 0.3) is 0 Å². The SMILES string of the molecule is COc1cc(CNS(=O)(=O)c2ccc3c(c2)CCN3C(=O)C2CC2)ccc1OC(C)C. The minimum atomic E-state index is -3.70.